The maximum atomic E-state index is 13.0. The fourth-order valence-electron chi connectivity index (χ4n) is 3.42. The zero-order valence-corrected chi connectivity index (χ0v) is 16.5. The van der Waals surface area contributed by atoms with Gasteiger partial charge in [-0.3, -0.25) is 9.59 Å². The zero-order valence-electron chi connectivity index (χ0n) is 16.5. The van der Waals surface area contributed by atoms with Crippen molar-refractivity contribution in [1.82, 2.24) is 0 Å². The molecular weight excluding hydrogens is 426 g/mol. The van der Waals surface area contributed by atoms with E-state index in [2.05, 4.69) is 5.32 Å². The average molecular weight is 444 g/mol. The predicted molar refractivity (Wildman–Crippen MR) is 101 cm³/mol. The van der Waals surface area contributed by atoms with Crippen LogP contribution >= 0.6 is 0 Å². The molecule has 0 radical (unpaired) electrons. The Balaban J connectivity index is 1.83. The van der Waals surface area contributed by atoms with Crippen molar-refractivity contribution in [3.05, 3.63) is 58.7 Å². The molecule has 1 fully saturated rings. The maximum absolute atomic E-state index is 13.0. The van der Waals surface area contributed by atoms with Gasteiger partial charge in [0.15, 0.2) is 0 Å². The second kappa shape index (κ2) is 7.90. The first-order chi connectivity index (χ1) is 14.3. The third-order valence-corrected chi connectivity index (χ3v) is 5.22. The van der Waals surface area contributed by atoms with Crippen molar-refractivity contribution in [3.8, 4) is 0 Å². The van der Waals surface area contributed by atoms with Crippen LogP contribution in [0.2, 0.25) is 0 Å². The second-order valence-corrected chi connectivity index (χ2v) is 7.41. The summed E-state index contributed by atoms with van der Waals surface area (Å²) in [6.07, 6.45) is -10.3. The molecule has 1 heterocycles. The number of aryl methyl sites for hydroxylation is 1. The van der Waals surface area contributed by atoms with Crippen molar-refractivity contribution >= 4 is 23.2 Å². The van der Waals surface area contributed by atoms with Crippen molar-refractivity contribution in [2.75, 3.05) is 16.8 Å². The monoisotopic (exact) mass is 444 g/mol. The lowest BCUT2D eigenvalue weighted by molar-refractivity contribution is -0.143. The fraction of sp³-hybridized carbons (Fsp3) is 0.333. The quantitative estimate of drug-likeness (QED) is 0.651. The lowest BCUT2D eigenvalue weighted by atomic mass is 10.1. The minimum Gasteiger partial charge on any atom is -0.326 e. The summed E-state index contributed by atoms with van der Waals surface area (Å²) < 4.78 is 78.0. The number of anilines is 2. The number of carbonyl (C=O) groups is 2. The molecule has 1 aliphatic rings. The summed E-state index contributed by atoms with van der Waals surface area (Å²) in [6.45, 7) is 3.64. The van der Waals surface area contributed by atoms with Gasteiger partial charge < -0.3 is 10.2 Å². The summed E-state index contributed by atoms with van der Waals surface area (Å²) >= 11 is 0. The molecule has 2 aromatic carbocycles. The van der Waals surface area contributed by atoms with Crippen LogP contribution in [0.15, 0.2) is 36.4 Å². The molecule has 0 bridgehead atoms. The second-order valence-electron chi connectivity index (χ2n) is 7.41. The van der Waals surface area contributed by atoms with Gasteiger partial charge in [0.25, 0.3) is 0 Å². The molecule has 31 heavy (non-hydrogen) atoms. The normalized spacial score (nSPS) is 17.2. The molecular formula is C21H18F6N2O2. The van der Waals surface area contributed by atoms with E-state index < -0.39 is 41.0 Å². The summed E-state index contributed by atoms with van der Waals surface area (Å²) in [4.78, 5) is 26.4. The van der Waals surface area contributed by atoms with E-state index in [-0.39, 0.29) is 24.9 Å². The van der Waals surface area contributed by atoms with Gasteiger partial charge in [-0.05, 0) is 49.2 Å². The van der Waals surface area contributed by atoms with Crippen LogP contribution in [0, 0.1) is 19.8 Å². The predicted octanol–water partition coefficient (Wildman–Crippen LogP) is 5.33. The molecule has 10 heteroatoms. The highest BCUT2D eigenvalue weighted by Gasteiger charge is 2.39. The number of benzene rings is 2. The van der Waals surface area contributed by atoms with Crippen LogP contribution in [0.5, 0.6) is 0 Å². The van der Waals surface area contributed by atoms with Gasteiger partial charge in [0, 0.05) is 24.3 Å². The number of carbonyl (C=O) groups excluding carboxylic acids is 2. The Morgan fingerprint density at radius 2 is 1.58 bits per heavy atom. The third kappa shape index (κ3) is 4.83. The van der Waals surface area contributed by atoms with E-state index in [1.54, 1.807) is 12.1 Å². The molecule has 4 nitrogen and oxygen atoms in total. The number of nitrogens with one attached hydrogen (secondary N) is 1. The molecule has 1 saturated heterocycles. The first-order valence-corrected chi connectivity index (χ1v) is 9.24. The Labute approximate surface area is 173 Å². The summed E-state index contributed by atoms with van der Waals surface area (Å²) in [5, 5.41) is 2.11. The topological polar surface area (TPSA) is 49.4 Å². The molecule has 1 N–H and O–H groups in total. The average Bonchev–Trinajstić information content (AvgIpc) is 3.04. The number of hydrogen-bond acceptors (Lipinski definition) is 2. The third-order valence-electron chi connectivity index (χ3n) is 5.22. The highest BCUT2D eigenvalue weighted by atomic mass is 19.4. The zero-order chi connectivity index (χ0) is 23.1. The number of nitrogens with zero attached hydrogens (tertiary/aromatic N) is 1. The van der Waals surface area contributed by atoms with Crippen molar-refractivity contribution in [2.24, 2.45) is 5.92 Å². The van der Waals surface area contributed by atoms with Gasteiger partial charge in [0.1, 0.15) is 0 Å². The Morgan fingerprint density at radius 3 is 2.13 bits per heavy atom. The maximum Gasteiger partial charge on any atom is 0.416 e. The lowest BCUT2D eigenvalue weighted by Crippen LogP contribution is -2.28. The van der Waals surface area contributed by atoms with Crippen molar-refractivity contribution < 1.29 is 35.9 Å². The minimum absolute atomic E-state index is 0.0169. The van der Waals surface area contributed by atoms with Gasteiger partial charge in [-0.25, -0.2) is 0 Å². The van der Waals surface area contributed by atoms with Gasteiger partial charge in [-0.15, -0.1) is 0 Å². The highest BCUT2D eigenvalue weighted by Crippen LogP contribution is 2.38. The van der Waals surface area contributed by atoms with Crippen molar-refractivity contribution in [3.63, 3.8) is 0 Å². The van der Waals surface area contributed by atoms with E-state index in [1.807, 2.05) is 19.9 Å². The summed E-state index contributed by atoms with van der Waals surface area (Å²) in [7, 11) is 0. The van der Waals surface area contributed by atoms with E-state index in [1.165, 1.54) is 4.90 Å². The van der Waals surface area contributed by atoms with Crippen LogP contribution in [-0.2, 0) is 21.9 Å². The standard InChI is InChI=1S/C21H18F6N2O2/c1-11-4-3-5-17(12(11)2)29-10-13(6-18(29)30)19(31)28-16-8-14(20(22,23)24)7-15(9-16)21(25,26)27/h3-5,7-9,13H,6,10H2,1-2H3,(H,28,31). The fourth-order valence-corrected chi connectivity index (χ4v) is 3.42. The van der Waals surface area contributed by atoms with Crippen LogP contribution in [0.1, 0.15) is 28.7 Å². The number of hydrogen-bond donors (Lipinski definition) is 1. The summed E-state index contributed by atoms with van der Waals surface area (Å²) in [5.74, 6) is -2.10. The van der Waals surface area contributed by atoms with Crippen LogP contribution < -0.4 is 10.2 Å². The van der Waals surface area contributed by atoms with E-state index in [0.29, 0.717) is 17.8 Å². The number of amides is 2. The first kappa shape index (κ1) is 22.6. The molecule has 0 aliphatic carbocycles. The van der Waals surface area contributed by atoms with Crippen LogP contribution in [-0.4, -0.2) is 18.4 Å². The molecule has 0 saturated carbocycles. The van der Waals surface area contributed by atoms with Gasteiger partial charge in [-0.1, -0.05) is 12.1 Å². The Morgan fingerprint density at radius 1 is 1.00 bits per heavy atom. The molecule has 2 aromatic rings. The van der Waals surface area contributed by atoms with Crippen LogP contribution in [0.4, 0.5) is 37.7 Å². The minimum atomic E-state index is -5.02. The molecule has 166 valence electrons. The van der Waals surface area contributed by atoms with E-state index >= 15 is 0 Å². The molecule has 0 spiro atoms. The summed E-state index contributed by atoms with van der Waals surface area (Å²) in [5.41, 5.74) is -1.32. The molecule has 2 amide bonds. The van der Waals surface area contributed by atoms with Gasteiger partial charge in [0.05, 0.1) is 17.0 Å². The lowest BCUT2D eigenvalue weighted by Gasteiger charge is -2.20. The van der Waals surface area contributed by atoms with Crippen molar-refractivity contribution in [1.29, 1.82) is 0 Å². The van der Waals surface area contributed by atoms with Crippen molar-refractivity contribution in [2.45, 2.75) is 32.6 Å². The van der Waals surface area contributed by atoms with E-state index in [9.17, 15) is 35.9 Å². The molecule has 1 unspecified atom stereocenters. The number of halogens is 6. The smallest absolute Gasteiger partial charge is 0.326 e. The Hall–Kier alpha value is -3.04. The van der Waals surface area contributed by atoms with Crippen LogP contribution in [0.3, 0.4) is 0 Å². The Kier molecular flexibility index (Phi) is 5.77. The van der Waals surface area contributed by atoms with E-state index in [0.717, 1.165) is 11.1 Å². The van der Waals surface area contributed by atoms with Gasteiger partial charge in [-0.2, -0.15) is 26.3 Å². The highest BCUT2D eigenvalue weighted by molar-refractivity contribution is 6.04. The molecule has 1 atom stereocenters. The number of rotatable bonds is 3. The van der Waals surface area contributed by atoms with E-state index in [4.69, 9.17) is 0 Å². The van der Waals surface area contributed by atoms with Crippen LogP contribution in [0.25, 0.3) is 0 Å². The molecule has 3 rings (SSSR count). The number of alkyl halides is 6. The molecule has 0 aromatic heterocycles. The largest absolute Gasteiger partial charge is 0.416 e. The SMILES string of the molecule is Cc1cccc(N2CC(C(=O)Nc3cc(C(F)(F)F)cc(C(F)(F)F)c3)CC2=O)c1C. The van der Waals surface area contributed by atoms with Gasteiger partial charge >= 0.3 is 12.4 Å². The van der Waals surface area contributed by atoms with Gasteiger partial charge in [0.2, 0.25) is 11.8 Å². The Bertz CT molecular complexity index is 997. The first-order valence-electron chi connectivity index (χ1n) is 9.24. The summed E-state index contributed by atoms with van der Waals surface area (Å²) in [6, 6.07) is 6.17. The molecule has 1 aliphatic heterocycles.